The second kappa shape index (κ2) is 17.2. The van der Waals surface area contributed by atoms with E-state index in [0.717, 1.165) is 16.8 Å². The van der Waals surface area contributed by atoms with Crippen LogP contribution in [0.15, 0.2) is 48.5 Å². The fourth-order valence-electron chi connectivity index (χ4n) is 4.55. The first-order valence-corrected chi connectivity index (χ1v) is 16.0. The molecule has 12 nitrogen and oxygen atoms in total. The maximum absolute atomic E-state index is 12.4. The maximum atomic E-state index is 12.4. The molecule has 0 saturated carbocycles. The van der Waals surface area contributed by atoms with E-state index in [4.69, 9.17) is 5.11 Å². The molecule has 0 spiro atoms. The number of ether oxygens (including phenoxy) is 1. The number of carboxylic acid groups (broad SMARTS) is 1. The summed E-state index contributed by atoms with van der Waals surface area (Å²) >= 11 is 0. The van der Waals surface area contributed by atoms with Gasteiger partial charge in [0.1, 0.15) is 19.2 Å². The van der Waals surface area contributed by atoms with Gasteiger partial charge in [-0.05, 0) is 24.1 Å². The highest BCUT2D eigenvalue weighted by Crippen LogP contribution is 2.32. The molecule has 230 valence electrons. The second-order valence-corrected chi connectivity index (χ2v) is 12.2. The van der Waals surface area contributed by atoms with Crippen LogP contribution in [-0.2, 0) is 41.8 Å². The Kier molecular flexibility index (Phi) is 13.4. The lowest BCUT2D eigenvalue weighted by Gasteiger charge is -2.29. The van der Waals surface area contributed by atoms with E-state index in [1.807, 2.05) is 42.5 Å². The third-order valence-corrected chi connectivity index (χ3v) is 8.95. The monoisotopic (exact) mass is 630 g/mol. The molecule has 4 amide bonds. The van der Waals surface area contributed by atoms with Gasteiger partial charge in [-0.3, -0.25) is 34.1 Å². The summed E-state index contributed by atoms with van der Waals surface area (Å²) in [6.07, 6.45) is 0.932. The van der Waals surface area contributed by atoms with Gasteiger partial charge in [-0.2, -0.15) is 0 Å². The van der Waals surface area contributed by atoms with Gasteiger partial charge in [0.15, 0.2) is 0 Å². The number of anilines is 1. The number of aliphatic carboxylic acids is 1. The zero-order chi connectivity index (χ0) is 31.2. The van der Waals surface area contributed by atoms with Gasteiger partial charge < -0.3 is 25.0 Å². The zero-order valence-corrected chi connectivity index (χ0v) is 25.3. The van der Waals surface area contributed by atoms with Gasteiger partial charge in [-0.25, -0.2) is 0 Å². The first-order chi connectivity index (χ1) is 20.7. The van der Waals surface area contributed by atoms with Crippen molar-refractivity contribution in [2.45, 2.75) is 38.4 Å². The molecule has 2 aliphatic rings. The van der Waals surface area contributed by atoms with Crippen LogP contribution in [0.2, 0.25) is 0 Å². The highest BCUT2D eigenvalue weighted by molar-refractivity contribution is 8.76. The molecule has 4 rings (SSSR count). The van der Waals surface area contributed by atoms with Crippen LogP contribution in [0.3, 0.4) is 0 Å². The van der Waals surface area contributed by atoms with Crippen LogP contribution < -0.4 is 10.6 Å². The average molecular weight is 631 g/mol. The molecular weight excluding hydrogens is 596 g/mol. The maximum Gasteiger partial charge on any atom is 0.323 e. The van der Waals surface area contributed by atoms with Crippen LogP contribution in [0, 0.1) is 0 Å². The van der Waals surface area contributed by atoms with Gasteiger partial charge in [0, 0.05) is 61.3 Å². The molecule has 2 heterocycles. The van der Waals surface area contributed by atoms with E-state index in [-0.39, 0.29) is 49.6 Å². The van der Waals surface area contributed by atoms with Crippen LogP contribution in [0.25, 0.3) is 0 Å². The summed E-state index contributed by atoms with van der Waals surface area (Å²) in [5.74, 6) is -0.780. The Morgan fingerprint density at radius 1 is 1.12 bits per heavy atom. The summed E-state index contributed by atoms with van der Waals surface area (Å²) in [5, 5.41) is 14.3. The number of hydrogen-bond acceptors (Lipinski definition) is 10. The van der Waals surface area contributed by atoms with Crippen LogP contribution >= 0.6 is 21.6 Å². The Morgan fingerprint density at radius 3 is 2.53 bits per heavy atom. The Labute approximate surface area is 257 Å². The molecule has 43 heavy (non-hydrogen) atoms. The zero-order valence-electron chi connectivity index (χ0n) is 23.7. The summed E-state index contributed by atoms with van der Waals surface area (Å²) in [6.45, 7) is 1.13. The molecule has 3 N–H and O–H groups in total. The van der Waals surface area contributed by atoms with Gasteiger partial charge in [0.2, 0.25) is 17.7 Å². The first-order valence-electron chi connectivity index (χ1n) is 13.5. The third kappa shape index (κ3) is 10.0. The Hall–Kier alpha value is -4.04. The van der Waals surface area contributed by atoms with E-state index in [0.29, 0.717) is 43.1 Å². The number of imide groups is 1. The van der Waals surface area contributed by atoms with Gasteiger partial charge in [-0.1, -0.05) is 58.0 Å². The largest absolute Gasteiger partial charge is 0.480 e. The number of carboxylic acids is 1. The quantitative estimate of drug-likeness (QED) is 0.122. The van der Waals surface area contributed by atoms with Crippen LogP contribution in [-0.4, -0.2) is 88.7 Å². The van der Waals surface area contributed by atoms with Crippen molar-refractivity contribution in [2.75, 3.05) is 37.0 Å². The van der Waals surface area contributed by atoms with E-state index < -0.39 is 12.0 Å². The molecule has 2 aromatic rings. The SMILES string of the molecule is CNc1cccc2c1CN(C1CCC(=O)NC1=O)C2=O.O=COCCSSCCC(=O)N(CC(=O)O)Cc1ccccc1. The Balaban J connectivity index is 0.000000237. The highest BCUT2D eigenvalue weighted by atomic mass is 33.1. The molecule has 2 aliphatic heterocycles. The lowest BCUT2D eigenvalue weighted by atomic mass is 10.0. The summed E-state index contributed by atoms with van der Waals surface area (Å²) in [6, 6.07) is 14.2. The number of carbonyl (C=O) groups excluding carboxylic acids is 5. The molecule has 0 aliphatic carbocycles. The fourth-order valence-corrected chi connectivity index (χ4v) is 6.37. The van der Waals surface area contributed by atoms with E-state index in [2.05, 4.69) is 15.4 Å². The van der Waals surface area contributed by atoms with Crippen molar-refractivity contribution in [2.24, 2.45) is 0 Å². The van der Waals surface area contributed by atoms with E-state index >= 15 is 0 Å². The van der Waals surface area contributed by atoms with Crippen molar-refractivity contribution in [1.29, 1.82) is 0 Å². The summed E-state index contributed by atoms with van der Waals surface area (Å²) in [5.41, 5.74) is 3.33. The fraction of sp³-hybridized carbons (Fsp3) is 0.379. The van der Waals surface area contributed by atoms with Crippen LogP contribution in [0.5, 0.6) is 0 Å². The second-order valence-electron chi connectivity index (χ2n) is 9.47. The average Bonchev–Trinajstić information content (AvgIpc) is 3.33. The van der Waals surface area contributed by atoms with Gasteiger partial charge in [0.05, 0.1) is 0 Å². The van der Waals surface area contributed by atoms with E-state index in [1.54, 1.807) is 18.0 Å². The summed E-state index contributed by atoms with van der Waals surface area (Å²) in [7, 11) is 4.81. The molecule has 0 radical (unpaired) electrons. The number of nitrogens with one attached hydrogen (secondary N) is 2. The normalized spacial score (nSPS) is 15.5. The number of piperidine rings is 1. The molecule has 0 bridgehead atoms. The Bertz CT molecular complexity index is 1310. The third-order valence-electron chi connectivity index (χ3n) is 6.58. The lowest BCUT2D eigenvalue weighted by Crippen LogP contribution is -2.52. The number of nitrogens with zero attached hydrogens (tertiary/aromatic N) is 2. The lowest BCUT2D eigenvalue weighted by molar-refractivity contribution is -0.144. The van der Waals surface area contributed by atoms with Crippen molar-refractivity contribution in [3.8, 4) is 0 Å². The predicted octanol–water partition coefficient (Wildman–Crippen LogP) is 2.53. The minimum Gasteiger partial charge on any atom is -0.480 e. The number of carbonyl (C=O) groups is 6. The molecule has 1 unspecified atom stereocenters. The highest BCUT2D eigenvalue weighted by Gasteiger charge is 2.39. The summed E-state index contributed by atoms with van der Waals surface area (Å²) in [4.78, 5) is 71.5. The van der Waals surface area contributed by atoms with Gasteiger partial charge >= 0.3 is 5.97 Å². The number of rotatable bonds is 14. The number of hydrogen-bond donors (Lipinski definition) is 3. The molecule has 1 atom stereocenters. The molecule has 2 aromatic carbocycles. The minimum absolute atomic E-state index is 0.147. The standard InChI is InChI=1S/C15H19NO5S2.C14H15N3O3/c17-12-21-7-9-23-22-8-6-14(18)16(11-15(19)20)10-13-4-2-1-3-5-13;1-15-10-4-2-3-8-9(10)7-17(14(8)20)11-5-6-12(18)16-13(11)19/h1-5,12H,6-11H2,(H,19,20);2-4,11,15H,5-7H2,1H3,(H,16,18,19). The molecule has 1 saturated heterocycles. The minimum atomic E-state index is -1.03. The van der Waals surface area contributed by atoms with Crippen LogP contribution in [0.4, 0.5) is 5.69 Å². The van der Waals surface area contributed by atoms with E-state index in [1.165, 1.54) is 26.5 Å². The smallest absolute Gasteiger partial charge is 0.323 e. The number of benzene rings is 2. The van der Waals surface area contributed by atoms with Crippen molar-refractivity contribution in [1.82, 2.24) is 15.1 Å². The predicted molar refractivity (Wildman–Crippen MR) is 163 cm³/mol. The van der Waals surface area contributed by atoms with Gasteiger partial charge in [0.25, 0.3) is 12.4 Å². The van der Waals surface area contributed by atoms with Crippen molar-refractivity contribution < 1.29 is 38.6 Å². The first kappa shape index (κ1) is 33.5. The molecular formula is C29H34N4O8S2. The molecule has 14 heteroatoms. The van der Waals surface area contributed by atoms with Crippen molar-refractivity contribution >= 4 is 63.3 Å². The van der Waals surface area contributed by atoms with Crippen molar-refractivity contribution in [3.05, 3.63) is 65.2 Å². The topological polar surface area (TPSA) is 162 Å². The Morgan fingerprint density at radius 2 is 1.86 bits per heavy atom. The van der Waals surface area contributed by atoms with Crippen LogP contribution in [0.1, 0.15) is 40.7 Å². The number of amides is 4. The molecule has 1 fully saturated rings. The molecule has 0 aromatic heterocycles. The van der Waals surface area contributed by atoms with E-state index in [9.17, 15) is 28.8 Å². The summed E-state index contributed by atoms with van der Waals surface area (Å²) < 4.78 is 4.55. The number of fused-ring (bicyclic) bond motifs is 1. The van der Waals surface area contributed by atoms with Crippen molar-refractivity contribution in [3.63, 3.8) is 0 Å². The van der Waals surface area contributed by atoms with Gasteiger partial charge in [-0.15, -0.1) is 0 Å².